The second-order valence-electron chi connectivity index (χ2n) is 11.9. The van der Waals surface area contributed by atoms with E-state index in [1.165, 1.54) is 73.7 Å². The summed E-state index contributed by atoms with van der Waals surface area (Å²) in [4.78, 5) is 0. The van der Waals surface area contributed by atoms with Gasteiger partial charge in [0.15, 0.2) is 0 Å². The van der Waals surface area contributed by atoms with E-state index in [1.807, 2.05) is 22.7 Å². The lowest BCUT2D eigenvalue weighted by atomic mass is 10.1. The molecule has 0 aliphatic carbocycles. The summed E-state index contributed by atoms with van der Waals surface area (Å²) in [5.74, 6) is 6.87. The third-order valence-corrected chi connectivity index (χ3v) is 10.7. The summed E-state index contributed by atoms with van der Waals surface area (Å²) in [5, 5.41) is 5.19. The number of thiophene rings is 2. The molecule has 2 heteroatoms. The Morgan fingerprint density at radius 1 is 0.370 bits per heavy atom. The number of rotatable bonds is 4. The van der Waals surface area contributed by atoms with E-state index in [4.69, 9.17) is 0 Å². The summed E-state index contributed by atoms with van der Waals surface area (Å²) in [6, 6.07) is 44.0. The molecule has 2 heterocycles. The third-order valence-electron chi connectivity index (χ3n) is 8.44. The van der Waals surface area contributed by atoms with E-state index in [-0.39, 0.29) is 0 Å². The number of aryl methyl sites for hydroxylation is 2. The highest BCUT2D eigenvalue weighted by Crippen LogP contribution is 2.36. The molecule has 0 fully saturated rings. The minimum Gasteiger partial charge on any atom is -0.135 e. The molecule has 0 aliphatic rings. The summed E-state index contributed by atoms with van der Waals surface area (Å²) >= 11 is 3.68. The Labute approximate surface area is 277 Å². The van der Waals surface area contributed by atoms with E-state index < -0.39 is 0 Å². The van der Waals surface area contributed by atoms with Crippen molar-refractivity contribution in [1.82, 2.24) is 0 Å². The van der Waals surface area contributed by atoms with Gasteiger partial charge in [0.2, 0.25) is 0 Å². The van der Waals surface area contributed by atoms with Crippen LogP contribution in [0.4, 0.5) is 0 Å². The highest BCUT2D eigenvalue weighted by Gasteiger charge is 2.08. The maximum Gasteiger partial charge on any atom is 0.0367 e. The van der Waals surface area contributed by atoms with Crippen LogP contribution in [0.15, 0.2) is 121 Å². The third kappa shape index (κ3) is 5.80. The molecule has 0 saturated carbocycles. The predicted octanol–water partition coefficient (Wildman–Crippen LogP) is 12.8. The smallest absolute Gasteiger partial charge is 0.0367 e. The van der Waals surface area contributed by atoms with Crippen LogP contribution in [0.3, 0.4) is 0 Å². The molecule has 8 aromatic rings. The van der Waals surface area contributed by atoms with E-state index in [1.54, 1.807) is 0 Å². The van der Waals surface area contributed by atoms with Gasteiger partial charge < -0.3 is 0 Å². The molecule has 0 aliphatic heterocycles. The van der Waals surface area contributed by atoms with Crippen LogP contribution in [0.25, 0.3) is 64.6 Å². The van der Waals surface area contributed by atoms with Gasteiger partial charge in [0.1, 0.15) is 0 Å². The van der Waals surface area contributed by atoms with Crippen LogP contribution >= 0.6 is 22.7 Å². The van der Waals surface area contributed by atoms with Gasteiger partial charge in [-0.3, -0.25) is 0 Å². The quantitative estimate of drug-likeness (QED) is 0.135. The molecule has 0 saturated heterocycles. The van der Waals surface area contributed by atoms with Crippen LogP contribution in [-0.4, -0.2) is 0 Å². The summed E-state index contributed by atoms with van der Waals surface area (Å²) < 4.78 is 5.15. The van der Waals surface area contributed by atoms with Gasteiger partial charge in [-0.15, -0.1) is 22.7 Å². The van der Waals surface area contributed by atoms with Crippen molar-refractivity contribution in [1.29, 1.82) is 0 Å². The molecule has 0 bridgehead atoms. The molecular formula is C44H30S2. The predicted molar refractivity (Wildman–Crippen MR) is 205 cm³/mol. The lowest BCUT2D eigenvalue weighted by Crippen LogP contribution is -1.77. The minimum atomic E-state index is 1.04. The minimum absolute atomic E-state index is 1.04. The number of hydrogen-bond acceptors (Lipinski definition) is 2. The molecule has 46 heavy (non-hydrogen) atoms. The van der Waals surface area contributed by atoms with Crippen LogP contribution in [0.1, 0.15) is 44.5 Å². The molecule has 0 radical (unpaired) electrons. The SMILES string of the molecule is Cc1ccc(C=Cc2ccc3c(c2)sc2cc(C#Cc4ccc5c(c4)sc4cc(C=Cc6ccc(C)cc6)ccc45)ccc23)cc1. The lowest BCUT2D eigenvalue weighted by Gasteiger charge is -1.97. The largest absolute Gasteiger partial charge is 0.135 e. The molecule has 2 aromatic heterocycles. The number of benzene rings is 6. The van der Waals surface area contributed by atoms with Crippen molar-refractivity contribution in [2.24, 2.45) is 0 Å². The zero-order valence-corrected chi connectivity index (χ0v) is 27.3. The van der Waals surface area contributed by atoms with E-state index in [9.17, 15) is 0 Å². The van der Waals surface area contributed by atoms with Crippen molar-refractivity contribution in [3.63, 3.8) is 0 Å². The fraction of sp³-hybridized carbons (Fsp3) is 0.0455. The Morgan fingerprint density at radius 3 is 1.11 bits per heavy atom. The molecule has 6 aromatic carbocycles. The fourth-order valence-electron chi connectivity index (χ4n) is 5.83. The maximum absolute atomic E-state index is 3.44. The average molecular weight is 623 g/mol. The van der Waals surface area contributed by atoms with Gasteiger partial charge >= 0.3 is 0 Å². The van der Waals surface area contributed by atoms with Crippen molar-refractivity contribution in [2.45, 2.75) is 13.8 Å². The molecule has 0 unspecified atom stereocenters. The summed E-state index contributed by atoms with van der Waals surface area (Å²) in [5.41, 5.74) is 9.50. The van der Waals surface area contributed by atoms with Crippen LogP contribution < -0.4 is 0 Å². The van der Waals surface area contributed by atoms with Crippen LogP contribution in [-0.2, 0) is 0 Å². The second-order valence-corrected chi connectivity index (χ2v) is 14.0. The molecule has 0 spiro atoms. The molecular weight excluding hydrogens is 593 g/mol. The van der Waals surface area contributed by atoms with E-state index in [0.29, 0.717) is 0 Å². The summed E-state index contributed by atoms with van der Waals surface area (Å²) in [6.45, 7) is 4.24. The van der Waals surface area contributed by atoms with Gasteiger partial charge in [0.25, 0.3) is 0 Å². The second kappa shape index (κ2) is 12.0. The van der Waals surface area contributed by atoms with Crippen molar-refractivity contribution < 1.29 is 0 Å². The zero-order valence-electron chi connectivity index (χ0n) is 25.7. The van der Waals surface area contributed by atoms with Gasteiger partial charge in [-0.05, 0) is 72.5 Å². The van der Waals surface area contributed by atoms with Crippen LogP contribution in [0, 0.1) is 25.7 Å². The first kappa shape index (κ1) is 28.3. The van der Waals surface area contributed by atoms with E-state index in [2.05, 4.69) is 171 Å². The Bertz CT molecular complexity index is 2350. The number of fused-ring (bicyclic) bond motifs is 6. The molecule has 0 atom stereocenters. The van der Waals surface area contributed by atoms with Crippen molar-refractivity contribution in [3.05, 3.63) is 166 Å². The highest BCUT2D eigenvalue weighted by atomic mass is 32.1. The van der Waals surface area contributed by atoms with Gasteiger partial charge in [-0.2, -0.15) is 0 Å². The van der Waals surface area contributed by atoms with E-state index >= 15 is 0 Å². The Kier molecular flexibility index (Phi) is 7.35. The maximum atomic E-state index is 3.44. The molecule has 0 nitrogen and oxygen atoms in total. The van der Waals surface area contributed by atoms with Gasteiger partial charge in [-0.25, -0.2) is 0 Å². The van der Waals surface area contributed by atoms with Crippen LogP contribution in [0.5, 0.6) is 0 Å². The first-order valence-corrected chi connectivity index (χ1v) is 17.1. The Morgan fingerprint density at radius 2 is 0.696 bits per heavy atom. The fourth-order valence-corrected chi connectivity index (χ4v) is 8.22. The summed E-state index contributed by atoms with van der Waals surface area (Å²) in [7, 11) is 0. The Balaban J connectivity index is 1.04. The van der Waals surface area contributed by atoms with Gasteiger partial charge in [-0.1, -0.05) is 132 Å². The molecule has 8 rings (SSSR count). The first-order chi connectivity index (χ1) is 22.5. The Hall–Kier alpha value is -5.20. The molecule has 218 valence electrons. The van der Waals surface area contributed by atoms with Crippen LogP contribution in [0.2, 0.25) is 0 Å². The van der Waals surface area contributed by atoms with Crippen molar-refractivity contribution >= 4 is 87.3 Å². The standard InChI is InChI=1S/C44H30S2/c1-29-3-7-31(8-4-29)11-13-33-17-21-37-39-23-19-35(27-43(39)45-41(37)25-33)15-16-36-20-24-40-38-22-18-34(26-42(38)46-44(40)28-36)14-12-32-9-5-30(2)6-10-32/h3-14,17-28H,1-2H3. The zero-order chi connectivity index (χ0) is 31.0. The lowest BCUT2D eigenvalue weighted by molar-refractivity contribution is 1.46. The summed E-state index contributed by atoms with van der Waals surface area (Å²) in [6.07, 6.45) is 8.75. The molecule has 0 amide bonds. The van der Waals surface area contributed by atoms with Crippen molar-refractivity contribution in [3.8, 4) is 11.8 Å². The van der Waals surface area contributed by atoms with E-state index in [0.717, 1.165) is 11.1 Å². The first-order valence-electron chi connectivity index (χ1n) is 15.5. The monoisotopic (exact) mass is 622 g/mol. The topological polar surface area (TPSA) is 0 Å². The number of hydrogen-bond donors (Lipinski definition) is 0. The highest BCUT2D eigenvalue weighted by molar-refractivity contribution is 7.26. The van der Waals surface area contributed by atoms with Gasteiger partial charge in [0.05, 0.1) is 0 Å². The van der Waals surface area contributed by atoms with Gasteiger partial charge in [0, 0.05) is 51.5 Å². The average Bonchev–Trinajstić information content (AvgIpc) is 3.63. The van der Waals surface area contributed by atoms with Crippen molar-refractivity contribution in [2.75, 3.05) is 0 Å². The molecule has 0 N–H and O–H groups in total. The normalized spacial score (nSPS) is 11.8.